The highest BCUT2D eigenvalue weighted by Crippen LogP contribution is 2.34. The third kappa shape index (κ3) is 4.21. The van der Waals surface area contributed by atoms with Gasteiger partial charge in [-0.3, -0.25) is 0 Å². The Kier molecular flexibility index (Phi) is 4.91. The summed E-state index contributed by atoms with van der Waals surface area (Å²) in [5.41, 5.74) is 3.71. The molecule has 0 spiro atoms. The summed E-state index contributed by atoms with van der Waals surface area (Å²) in [6.45, 7) is 0.251. The highest BCUT2D eigenvalue weighted by molar-refractivity contribution is 5.82. The molecule has 0 saturated heterocycles. The Morgan fingerprint density at radius 1 is 0.741 bits per heavy atom. The predicted molar refractivity (Wildman–Crippen MR) is 107 cm³/mol. The van der Waals surface area contributed by atoms with E-state index in [9.17, 15) is 0 Å². The van der Waals surface area contributed by atoms with Gasteiger partial charge in [0.15, 0.2) is 11.5 Å². The zero-order chi connectivity index (χ0) is 18.3. The molecule has 0 saturated carbocycles. The van der Waals surface area contributed by atoms with E-state index in [0.717, 1.165) is 33.8 Å². The molecule has 1 heterocycles. The predicted octanol–water partition coefficient (Wildman–Crippen LogP) is 4.90. The fourth-order valence-electron chi connectivity index (χ4n) is 2.63. The zero-order valence-corrected chi connectivity index (χ0v) is 14.6. The van der Waals surface area contributed by atoms with Crippen molar-refractivity contribution in [1.29, 1.82) is 0 Å². The fourth-order valence-corrected chi connectivity index (χ4v) is 2.63. The Labute approximate surface area is 159 Å². The number of fused-ring (bicyclic) bond motifs is 1. The van der Waals surface area contributed by atoms with Crippen molar-refractivity contribution < 1.29 is 9.47 Å². The summed E-state index contributed by atoms with van der Waals surface area (Å²) in [7, 11) is 0. The lowest BCUT2D eigenvalue weighted by molar-refractivity contribution is 0.174. The van der Waals surface area contributed by atoms with Gasteiger partial charge >= 0.3 is 0 Å². The van der Waals surface area contributed by atoms with Crippen LogP contribution in [0.5, 0.6) is 11.5 Å². The van der Waals surface area contributed by atoms with Crippen molar-refractivity contribution in [3.8, 4) is 35.2 Å². The fraction of sp³-hybridized carbons (Fsp3) is 0.0400. The first-order valence-corrected chi connectivity index (χ1v) is 8.62. The van der Waals surface area contributed by atoms with E-state index in [-0.39, 0.29) is 6.79 Å². The Morgan fingerprint density at radius 2 is 1.41 bits per heavy atom. The molecule has 0 atom stereocenters. The molecule has 3 aromatic rings. The Bertz CT molecular complexity index is 1090. The van der Waals surface area contributed by atoms with Gasteiger partial charge in [0.05, 0.1) is 0 Å². The average molecular weight is 348 g/mol. The molecule has 3 aromatic carbocycles. The second kappa shape index (κ2) is 8.00. The third-order valence-electron chi connectivity index (χ3n) is 4.01. The van der Waals surface area contributed by atoms with Crippen molar-refractivity contribution in [3.05, 3.63) is 102 Å². The lowest BCUT2D eigenvalue weighted by Gasteiger charge is -2.01. The van der Waals surface area contributed by atoms with Crippen molar-refractivity contribution in [2.24, 2.45) is 0 Å². The quantitative estimate of drug-likeness (QED) is 0.582. The monoisotopic (exact) mass is 348 g/mol. The molecule has 128 valence electrons. The first kappa shape index (κ1) is 16.6. The molecule has 0 amide bonds. The number of ether oxygens (including phenoxy) is 2. The number of benzene rings is 3. The summed E-state index contributed by atoms with van der Waals surface area (Å²) >= 11 is 0. The van der Waals surface area contributed by atoms with Gasteiger partial charge in [0.25, 0.3) is 0 Å². The summed E-state index contributed by atoms with van der Waals surface area (Å²) in [5.74, 6) is 14.2. The molecule has 2 nitrogen and oxygen atoms in total. The smallest absolute Gasteiger partial charge is 0.231 e. The minimum Gasteiger partial charge on any atom is -0.454 e. The summed E-state index contributed by atoms with van der Waals surface area (Å²) in [6.07, 6.45) is 1.85. The molecule has 4 rings (SSSR count). The maximum absolute atomic E-state index is 5.49. The first-order chi connectivity index (χ1) is 13.4. The second-order valence-electron chi connectivity index (χ2n) is 5.88. The van der Waals surface area contributed by atoms with Crippen LogP contribution in [0.4, 0.5) is 0 Å². The highest BCUT2D eigenvalue weighted by Gasteiger charge is 2.14. The zero-order valence-electron chi connectivity index (χ0n) is 14.6. The average Bonchev–Trinajstić information content (AvgIpc) is 3.20. The largest absolute Gasteiger partial charge is 0.454 e. The van der Waals surface area contributed by atoms with Gasteiger partial charge in [-0.1, -0.05) is 60.1 Å². The van der Waals surface area contributed by atoms with E-state index in [4.69, 9.17) is 9.47 Å². The van der Waals surface area contributed by atoms with Gasteiger partial charge in [-0.2, -0.15) is 0 Å². The Hall–Kier alpha value is -3.88. The first-order valence-electron chi connectivity index (χ1n) is 8.62. The molecule has 0 unspecified atom stereocenters. The maximum Gasteiger partial charge on any atom is 0.231 e. The van der Waals surface area contributed by atoms with Crippen molar-refractivity contribution in [1.82, 2.24) is 0 Å². The molecule has 0 radical (unpaired) electrons. The minimum atomic E-state index is 0.251. The normalized spacial score (nSPS) is 11.8. The van der Waals surface area contributed by atoms with Crippen LogP contribution in [-0.4, -0.2) is 6.79 Å². The minimum absolute atomic E-state index is 0.251. The summed E-state index contributed by atoms with van der Waals surface area (Å²) in [5, 5.41) is 0. The van der Waals surface area contributed by atoms with Crippen LogP contribution in [0.2, 0.25) is 0 Å². The molecule has 1 aliphatic rings. The van der Waals surface area contributed by atoms with Crippen LogP contribution in [0.25, 0.3) is 5.57 Å². The van der Waals surface area contributed by atoms with E-state index >= 15 is 0 Å². The molecule has 0 bridgehead atoms. The summed E-state index contributed by atoms with van der Waals surface area (Å²) in [6, 6.07) is 25.6. The van der Waals surface area contributed by atoms with E-state index in [1.807, 2.05) is 84.9 Å². The van der Waals surface area contributed by atoms with Gasteiger partial charge < -0.3 is 9.47 Å². The third-order valence-corrected chi connectivity index (χ3v) is 4.01. The van der Waals surface area contributed by atoms with E-state index < -0.39 is 0 Å². The van der Waals surface area contributed by atoms with Crippen molar-refractivity contribution >= 4 is 5.57 Å². The number of hydrogen-bond acceptors (Lipinski definition) is 2. The van der Waals surface area contributed by atoms with Gasteiger partial charge in [-0.25, -0.2) is 0 Å². The van der Waals surface area contributed by atoms with Gasteiger partial charge in [-0.05, 0) is 48.0 Å². The molecule has 0 N–H and O–H groups in total. The summed E-state index contributed by atoms with van der Waals surface area (Å²) in [4.78, 5) is 0. The van der Waals surface area contributed by atoms with Gasteiger partial charge in [0.1, 0.15) is 0 Å². The van der Waals surface area contributed by atoms with E-state index in [2.05, 4.69) is 23.7 Å². The lowest BCUT2D eigenvalue weighted by atomic mass is 10.0. The number of rotatable bonds is 1. The summed E-state index contributed by atoms with van der Waals surface area (Å²) < 4.78 is 10.9. The molecular weight excluding hydrogens is 332 g/mol. The van der Waals surface area contributed by atoms with Crippen LogP contribution in [0.3, 0.4) is 0 Å². The van der Waals surface area contributed by atoms with Crippen LogP contribution in [0.15, 0.2) is 84.9 Å². The molecule has 0 fully saturated rings. The SMILES string of the molecule is C(#Cc1ccccc1)/C=C(\C#Cc1ccccc1)c1ccc2c(c1)OCO2. The van der Waals surface area contributed by atoms with Gasteiger partial charge in [-0.15, -0.1) is 0 Å². The second-order valence-corrected chi connectivity index (χ2v) is 5.88. The van der Waals surface area contributed by atoms with Crippen molar-refractivity contribution in [2.75, 3.05) is 6.79 Å². The molecule has 0 aliphatic carbocycles. The Balaban J connectivity index is 1.70. The Morgan fingerprint density at radius 3 is 2.15 bits per heavy atom. The lowest BCUT2D eigenvalue weighted by Crippen LogP contribution is -1.92. The van der Waals surface area contributed by atoms with Crippen molar-refractivity contribution in [3.63, 3.8) is 0 Å². The van der Waals surface area contributed by atoms with E-state index in [1.165, 1.54) is 0 Å². The van der Waals surface area contributed by atoms with Crippen LogP contribution >= 0.6 is 0 Å². The van der Waals surface area contributed by atoms with Gasteiger partial charge in [0, 0.05) is 22.8 Å². The van der Waals surface area contributed by atoms with Crippen LogP contribution < -0.4 is 9.47 Å². The van der Waals surface area contributed by atoms with Crippen molar-refractivity contribution in [2.45, 2.75) is 0 Å². The van der Waals surface area contributed by atoms with Crippen LogP contribution in [0, 0.1) is 23.7 Å². The van der Waals surface area contributed by atoms with Crippen LogP contribution in [-0.2, 0) is 0 Å². The topological polar surface area (TPSA) is 18.5 Å². The number of hydrogen-bond donors (Lipinski definition) is 0. The molecular formula is C25H16O2. The molecule has 27 heavy (non-hydrogen) atoms. The van der Waals surface area contributed by atoms with Crippen LogP contribution in [0.1, 0.15) is 16.7 Å². The van der Waals surface area contributed by atoms with E-state index in [1.54, 1.807) is 0 Å². The van der Waals surface area contributed by atoms with E-state index in [0.29, 0.717) is 0 Å². The standard InChI is InChI=1S/C25H16O2/c1-3-8-20(9-4-1)12-7-13-22(15-14-21-10-5-2-6-11-21)23-16-17-24-25(18-23)27-19-26-24/h1-6,8-11,13,16-18H,19H2/b22-13+. The number of allylic oxidation sites excluding steroid dienone is 2. The molecule has 2 heteroatoms. The highest BCUT2D eigenvalue weighted by atomic mass is 16.7. The molecule has 1 aliphatic heterocycles. The van der Waals surface area contributed by atoms with Gasteiger partial charge in [0.2, 0.25) is 6.79 Å². The molecule has 0 aromatic heterocycles. The maximum atomic E-state index is 5.49.